The van der Waals surface area contributed by atoms with Crippen LogP contribution in [0.4, 0.5) is 21.0 Å². The maximum Gasteiger partial charge on any atom is 0.411 e. The Kier molecular flexibility index (Phi) is 18.1. The number of aromatic amines is 1. The van der Waals surface area contributed by atoms with Gasteiger partial charge in [-0.1, -0.05) is 37.3 Å². The Morgan fingerprint density at radius 1 is 1.04 bits per heavy atom. The normalized spacial score (nSPS) is 12.9. The second kappa shape index (κ2) is 21.9. The first-order chi connectivity index (χ1) is 25.6. The summed E-state index contributed by atoms with van der Waals surface area (Å²) >= 11 is 0. The van der Waals surface area contributed by atoms with Crippen LogP contribution in [0.1, 0.15) is 88.1 Å². The van der Waals surface area contributed by atoms with E-state index in [1.54, 1.807) is 7.05 Å². The largest absolute Gasteiger partial charge is 0.483 e. The van der Waals surface area contributed by atoms with E-state index in [4.69, 9.17) is 29.6 Å². The molecule has 1 aromatic heterocycles. The third-order valence-corrected chi connectivity index (χ3v) is 8.10. The van der Waals surface area contributed by atoms with Crippen molar-refractivity contribution in [3.8, 4) is 0 Å². The number of ether oxygens (including phenoxy) is 2. The number of rotatable bonds is 10. The van der Waals surface area contributed by atoms with E-state index < -0.39 is 17.8 Å². The average Bonchev–Trinajstić information content (AvgIpc) is 3.93. The van der Waals surface area contributed by atoms with E-state index in [1.165, 1.54) is 11.2 Å². The summed E-state index contributed by atoms with van der Waals surface area (Å²) in [5, 5.41) is 28.9. The van der Waals surface area contributed by atoms with Crippen molar-refractivity contribution in [2.24, 2.45) is 0 Å². The van der Waals surface area contributed by atoms with Gasteiger partial charge in [0.1, 0.15) is 12.2 Å². The van der Waals surface area contributed by atoms with Crippen molar-refractivity contribution < 1.29 is 39.2 Å². The lowest BCUT2D eigenvalue weighted by molar-refractivity contribution is -0.122. The van der Waals surface area contributed by atoms with Crippen LogP contribution in [0.2, 0.25) is 0 Å². The van der Waals surface area contributed by atoms with Crippen molar-refractivity contribution in [2.75, 3.05) is 31.4 Å². The van der Waals surface area contributed by atoms with Crippen molar-refractivity contribution >= 4 is 40.9 Å². The van der Waals surface area contributed by atoms with Crippen LogP contribution >= 0.6 is 0 Å². The number of nitrogens with zero attached hydrogens (tertiary/aromatic N) is 2. The van der Waals surface area contributed by atoms with Crippen LogP contribution in [0.3, 0.4) is 0 Å². The Bertz CT molecular complexity index is 1840. The number of aliphatic hydroxyl groups is 2. The average molecular weight is 750 g/mol. The molecule has 3 aromatic carbocycles. The number of H-pyrrole nitrogens is 1. The molecule has 0 bridgehead atoms. The molecule has 1 unspecified atom stereocenters. The Hall–Kier alpha value is -5.47. The van der Waals surface area contributed by atoms with E-state index >= 15 is 0 Å². The molecule has 0 saturated heterocycles. The minimum Gasteiger partial charge on any atom is -0.483 e. The number of nitrogens with one attached hydrogen (secondary N) is 3. The molecule has 2 amide bonds. The van der Waals surface area contributed by atoms with E-state index in [0.29, 0.717) is 23.1 Å². The fourth-order valence-electron chi connectivity index (χ4n) is 4.98. The number of amides is 2. The number of carbonyl (C=O) groups is 3. The quantitative estimate of drug-likeness (QED) is 0.0915. The van der Waals surface area contributed by atoms with Gasteiger partial charge >= 0.3 is 12.2 Å². The highest BCUT2D eigenvalue weighted by Crippen LogP contribution is 2.26. The molecule has 54 heavy (non-hydrogen) atoms. The summed E-state index contributed by atoms with van der Waals surface area (Å²) in [5.41, 5.74) is 5.36. The lowest BCUT2D eigenvalue weighted by Crippen LogP contribution is -2.34. The summed E-state index contributed by atoms with van der Waals surface area (Å²) < 4.78 is 11.1. The number of anilines is 2. The molecule has 0 radical (unpaired) electrons. The standard InChI is InChI=1S/C35H43N5O5.C3H6O.CH2O2.CH4O/c1-8-24(20-44-33(42)39-28-14-9-22(2)27(17-28)19-40(7)34(43)45-35(4,5)6)26-12-10-25(11-13-26)23(3)38-29-15-16-31-30(18-29)32(41)37-21-36-31;4-3-1-2-3;2-1-3;1-2/h9-18,21,23-24,38H,8,19-20H2,1-7H3,(H,39,42)(H,36,37,41);3-4H,1-2H2;1H,(H,2,3);2H,1H3/t23?,24-;;;/m0.../s1. The fraction of sp³-hybridized carbons (Fsp3) is 0.425. The molecular formula is C40H55N5O9. The number of benzene rings is 3. The first-order valence-electron chi connectivity index (χ1n) is 17.7. The van der Waals surface area contributed by atoms with Gasteiger partial charge in [0.05, 0.1) is 23.3 Å². The number of aryl methyl sites for hydroxylation is 1. The van der Waals surface area contributed by atoms with Crippen LogP contribution in [-0.4, -0.2) is 81.3 Å². The molecule has 1 aliphatic rings. The summed E-state index contributed by atoms with van der Waals surface area (Å²) in [6.45, 7) is 11.9. The van der Waals surface area contributed by atoms with Gasteiger partial charge in [0.2, 0.25) is 0 Å². The van der Waals surface area contributed by atoms with E-state index in [-0.39, 0.29) is 36.7 Å². The first-order valence-corrected chi connectivity index (χ1v) is 17.7. The van der Waals surface area contributed by atoms with Crippen molar-refractivity contribution in [1.82, 2.24) is 14.9 Å². The highest BCUT2D eigenvalue weighted by Gasteiger charge is 2.21. The number of fused-ring (bicyclic) bond motifs is 1. The smallest absolute Gasteiger partial charge is 0.411 e. The van der Waals surface area contributed by atoms with Gasteiger partial charge in [0, 0.05) is 44.0 Å². The Labute approximate surface area is 316 Å². The Morgan fingerprint density at radius 3 is 2.20 bits per heavy atom. The minimum absolute atomic E-state index is 0.00215. The number of aromatic nitrogens is 2. The molecule has 1 heterocycles. The molecule has 294 valence electrons. The van der Waals surface area contributed by atoms with Crippen molar-refractivity contribution in [3.05, 3.63) is 99.6 Å². The molecule has 14 heteroatoms. The summed E-state index contributed by atoms with van der Waals surface area (Å²) in [6, 6.07) is 19.3. The van der Waals surface area contributed by atoms with E-state index in [9.17, 15) is 14.4 Å². The summed E-state index contributed by atoms with van der Waals surface area (Å²) in [5.74, 6) is 0.0313. The van der Waals surface area contributed by atoms with E-state index in [2.05, 4.69) is 58.7 Å². The van der Waals surface area contributed by atoms with Gasteiger partial charge in [-0.3, -0.25) is 14.9 Å². The van der Waals surface area contributed by atoms with Crippen LogP contribution < -0.4 is 16.2 Å². The molecule has 14 nitrogen and oxygen atoms in total. The van der Waals surface area contributed by atoms with Crippen LogP contribution in [0.25, 0.3) is 10.9 Å². The molecule has 5 rings (SSSR count). The second-order valence-electron chi connectivity index (χ2n) is 13.6. The highest BCUT2D eigenvalue weighted by molar-refractivity contribution is 5.85. The molecule has 1 saturated carbocycles. The minimum atomic E-state index is -0.581. The van der Waals surface area contributed by atoms with Gasteiger partial charge < -0.3 is 40.0 Å². The molecule has 2 atom stereocenters. The van der Waals surface area contributed by atoms with Gasteiger partial charge in [-0.05, 0) is 106 Å². The van der Waals surface area contributed by atoms with Gasteiger partial charge in [-0.25, -0.2) is 14.6 Å². The van der Waals surface area contributed by atoms with Crippen LogP contribution in [0.5, 0.6) is 0 Å². The molecule has 1 fully saturated rings. The SMILES string of the molecule is CC[C@@H](COC(=O)Nc1ccc(C)c(CN(C)C(=O)OC(C)(C)C)c1)c1ccc(C(C)Nc2ccc3nc[nH]c(=O)c3c2)cc1.CO.O=CO.OC1CC1. The highest BCUT2D eigenvalue weighted by atomic mass is 16.6. The predicted octanol–water partition coefficient (Wildman–Crippen LogP) is 6.96. The third-order valence-electron chi connectivity index (χ3n) is 8.10. The molecule has 1 aliphatic carbocycles. The summed E-state index contributed by atoms with van der Waals surface area (Å²) in [6.07, 6.45) is 3.41. The molecule has 4 aromatic rings. The third kappa shape index (κ3) is 15.2. The topological polar surface area (TPSA) is 203 Å². The number of aliphatic hydroxyl groups excluding tert-OH is 2. The second-order valence-corrected chi connectivity index (χ2v) is 13.6. The zero-order chi connectivity index (χ0) is 40.4. The van der Waals surface area contributed by atoms with Gasteiger partial charge in [-0.2, -0.15) is 0 Å². The van der Waals surface area contributed by atoms with Gasteiger partial charge in [-0.15, -0.1) is 0 Å². The van der Waals surface area contributed by atoms with Crippen LogP contribution in [0, 0.1) is 6.92 Å². The molecule has 0 spiro atoms. The first kappa shape index (κ1) is 44.7. The van der Waals surface area contributed by atoms with Crippen molar-refractivity contribution in [1.29, 1.82) is 0 Å². The summed E-state index contributed by atoms with van der Waals surface area (Å²) in [7, 11) is 2.68. The lowest BCUT2D eigenvalue weighted by atomic mass is 9.95. The maximum atomic E-state index is 12.7. The maximum absolute atomic E-state index is 12.7. The Balaban J connectivity index is 0.00000100. The van der Waals surface area contributed by atoms with E-state index in [0.717, 1.165) is 54.3 Å². The predicted molar refractivity (Wildman–Crippen MR) is 210 cm³/mol. The number of hydrogen-bond donors (Lipinski definition) is 6. The van der Waals surface area contributed by atoms with Gasteiger partial charge in [0.15, 0.2) is 0 Å². The number of carbonyl (C=O) groups excluding carboxylic acids is 2. The van der Waals surface area contributed by atoms with Crippen LogP contribution in [-0.2, 0) is 20.8 Å². The summed E-state index contributed by atoms with van der Waals surface area (Å²) in [4.78, 5) is 53.9. The number of hydrogen-bond acceptors (Lipinski definition) is 10. The van der Waals surface area contributed by atoms with Gasteiger partial charge in [0.25, 0.3) is 12.0 Å². The van der Waals surface area contributed by atoms with E-state index in [1.807, 2.05) is 64.1 Å². The Morgan fingerprint density at radius 2 is 1.63 bits per heavy atom. The van der Waals surface area contributed by atoms with Crippen molar-refractivity contribution in [2.45, 2.75) is 91.0 Å². The lowest BCUT2D eigenvalue weighted by Gasteiger charge is -2.25. The van der Waals surface area contributed by atoms with Crippen molar-refractivity contribution in [3.63, 3.8) is 0 Å². The molecular weight excluding hydrogens is 694 g/mol. The molecule has 6 N–H and O–H groups in total. The number of carboxylic acid groups (broad SMARTS) is 1. The van der Waals surface area contributed by atoms with Crippen LogP contribution in [0.15, 0.2) is 71.8 Å². The zero-order valence-electron chi connectivity index (χ0n) is 32.4. The fourth-order valence-corrected chi connectivity index (χ4v) is 4.98. The zero-order valence-corrected chi connectivity index (χ0v) is 32.4. The monoisotopic (exact) mass is 749 g/mol. The molecule has 0 aliphatic heterocycles.